The number of aromatic nitrogens is 3. The van der Waals surface area contributed by atoms with Crippen molar-refractivity contribution in [2.75, 3.05) is 17.4 Å². The minimum absolute atomic E-state index is 0.0693. The molecule has 3 aromatic rings. The van der Waals surface area contributed by atoms with Gasteiger partial charge in [-0.05, 0) is 44.0 Å². The standard InChI is InChI=1S/C23H27ClFN5O2S/c1-3-4-13-30(33(31,32)16-9-6-5-7-10-16)21-15-19(25)18(24)14-17(21)22-27-28-23(29(22)2)20-11-8-12-26-20/h5-7,9-10,14-15,20,26H,3-4,8,11-13H2,1-2H3. The van der Waals surface area contributed by atoms with Crippen molar-refractivity contribution >= 4 is 27.3 Å². The van der Waals surface area contributed by atoms with Gasteiger partial charge in [-0.25, -0.2) is 12.8 Å². The Morgan fingerprint density at radius 3 is 2.67 bits per heavy atom. The van der Waals surface area contributed by atoms with Gasteiger partial charge in [0.1, 0.15) is 11.6 Å². The van der Waals surface area contributed by atoms with Crippen LogP contribution in [0.25, 0.3) is 11.4 Å². The zero-order valence-corrected chi connectivity index (χ0v) is 20.2. The Bertz CT molecular complexity index is 1230. The van der Waals surface area contributed by atoms with Gasteiger partial charge < -0.3 is 9.88 Å². The Morgan fingerprint density at radius 1 is 1.24 bits per heavy atom. The van der Waals surface area contributed by atoms with E-state index in [0.717, 1.165) is 31.6 Å². The highest BCUT2D eigenvalue weighted by Gasteiger charge is 2.30. The van der Waals surface area contributed by atoms with Crippen molar-refractivity contribution in [1.29, 1.82) is 0 Å². The van der Waals surface area contributed by atoms with Crippen LogP contribution >= 0.6 is 11.6 Å². The monoisotopic (exact) mass is 491 g/mol. The van der Waals surface area contributed by atoms with E-state index < -0.39 is 15.8 Å². The number of nitrogens with zero attached hydrogens (tertiary/aromatic N) is 4. The van der Waals surface area contributed by atoms with Crippen molar-refractivity contribution in [2.45, 2.75) is 43.5 Å². The number of anilines is 1. The van der Waals surface area contributed by atoms with Gasteiger partial charge in [0.25, 0.3) is 10.0 Å². The fourth-order valence-corrected chi connectivity index (χ4v) is 5.80. The molecule has 1 atom stereocenters. The van der Waals surface area contributed by atoms with Gasteiger partial charge in [-0.3, -0.25) is 4.31 Å². The smallest absolute Gasteiger partial charge is 0.264 e. The molecule has 0 radical (unpaired) electrons. The summed E-state index contributed by atoms with van der Waals surface area (Å²) in [5.41, 5.74) is 0.604. The molecular formula is C23H27ClFN5O2S. The first-order valence-corrected chi connectivity index (χ1v) is 12.9. The molecule has 0 amide bonds. The van der Waals surface area contributed by atoms with E-state index in [0.29, 0.717) is 17.8 Å². The first kappa shape index (κ1) is 23.7. The lowest BCUT2D eigenvalue weighted by atomic mass is 10.1. The number of benzene rings is 2. The van der Waals surface area contributed by atoms with Gasteiger partial charge in [0.05, 0.1) is 21.6 Å². The predicted octanol–water partition coefficient (Wildman–Crippen LogP) is 4.69. The first-order valence-electron chi connectivity index (χ1n) is 11.0. The summed E-state index contributed by atoms with van der Waals surface area (Å²) in [6.45, 7) is 3.07. The lowest BCUT2D eigenvalue weighted by Gasteiger charge is -2.27. The number of unbranched alkanes of at least 4 members (excludes halogenated alkanes) is 1. The molecule has 1 unspecified atom stereocenters. The summed E-state index contributed by atoms with van der Waals surface area (Å²) < 4.78 is 45.0. The van der Waals surface area contributed by atoms with Crippen LogP contribution in [0, 0.1) is 5.82 Å². The van der Waals surface area contributed by atoms with Crippen LogP contribution in [-0.2, 0) is 17.1 Å². The van der Waals surface area contributed by atoms with Crippen LogP contribution in [0.1, 0.15) is 44.5 Å². The molecule has 33 heavy (non-hydrogen) atoms. The Balaban J connectivity index is 1.88. The molecule has 1 saturated heterocycles. The van der Waals surface area contributed by atoms with E-state index in [4.69, 9.17) is 11.6 Å². The van der Waals surface area contributed by atoms with E-state index in [-0.39, 0.29) is 28.2 Å². The average Bonchev–Trinajstić information content (AvgIpc) is 3.46. The SMILES string of the molecule is CCCCN(c1cc(F)c(Cl)cc1-c1nnc(C2CCCN2)n1C)S(=O)(=O)c1ccccc1. The fraction of sp³-hybridized carbons (Fsp3) is 0.391. The van der Waals surface area contributed by atoms with Crippen LogP contribution in [-0.4, -0.2) is 36.3 Å². The van der Waals surface area contributed by atoms with E-state index in [9.17, 15) is 12.8 Å². The normalized spacial score (nSPS) is 16.3. The molecule has 7 nitrogen and oxygen atoms in total. The number of sulfonamides is 1. The molecule has 1 aromatic heterocycles. The second kappa shape index (κ2) is 9.79. The Hall–Kier alpha value is -2.49. The molecule has 1 N–H and O–H groups in total. The molecule has 0 aliphatic carbocycles. The first-order chi connectivity index (χ1) is 15.8. The van der Waals surface area contributed by atoms with Crippen molar-refractivity contribution in [3.8, 4) is 11.4 Å². The van der Waals surface area contributed by atoms with E-state index in [1.165, 1.54) is 28.6 Å². The lowest BCUT2D eigenvalue weighted by Crippen LogP contribution is -2.32. The zero-order chi connectivity index (χ0) is 23.6. The molecular weight excluding hydrogens is 465 g/mol. The second-order valence-electron chi connectivity index (χ2n) is 8.12. The fourth-order valence-electron chi connectivity index (χ4n) is 4.10. The van der Waals surface area contributed by atoms with Crippen molar-refractivity contribution < 1.29 is 12.8 Å². The Morgan fingerprint density at radius 2 is 2.00 bits per heavy atom. The molecule has 0 spiro atoms. The molecule has 4 rings (SSSR count). The third kappa shape index (κ3) is 4.62. The minimum Gasteiger partial charge on any atom is -0.313 e. The van der Waals surface area contributed by atoms with Crippen LogP contribution in [0.2, 0.25) is 5.02 Å². The maximum atomic E-state index is 14.7. The van der Waals surface area contributed by atoms with Crippen molar-refractivity contribution in [2.24, 2.45) is 7.05 Å². The van der Waals surface area contributed by atoms with E-state index in [1.807, 2.05) is 18.5 Å². The summed E-state index contributed by atoms with van der Waals surface area (Å²) in [6, 6.07) is 10.8. The predicted molar refractivity (Wildman–Crippen MR) is 127 cm³/mol. The van der Waals surface area contributed by atoms with Crippen molar-refractivity contribution in [1.82, 2.24) is 20.1 Å². The molecule has 10 heteroatoms. The lowest BCUT2D eigenvalue weighted by molar-refractivity contribution is 0.578. The van der Waals surface area contributed by atoms with Gasteiger partial charge in [0.15, 0.2) is 5.82 Å². The van der Waals surface area contributed by atoms with Gasteiger partial charge in [-0.15, -0.1) is 10.2 Å². The molecule has 1 aliphatic heterocycles. The van der Waals surface area contributed by atoms with Crippen LogP contribution in [0.15, 0.2) is 47.4 Å². The molecule has 1 fully saturated rings. The zero-order valence-electron chi connectivity index (χ0n) is 18.6. The van der Waals surface area contributed by atoms with Gasteiger partial charge >= 0.3 is 0 Å². The molecule has 0 bridgehead atoms. The summed E-state index contributed by atoms with van der Waals surface area (Å²) in [4.78, 5) is 0.135. The van der Waals surface area contributed by atoms with Gasteiger partial charge in [-0.2, -0.15) is 0 Å². The van der Waals surface area contributed by atoms with E-state index in [2.05, 4.69) is 15.5 Å². The van der Waals surface area contributed by atoms with Crippen molar-refractivity contribution in [3.63, 3.8) is 0 Å². The minimum atomic E-state index is -3.95. The second-order valence-corrected chi connectivity index (χ2v) is 10.4. The third-order valence-electron chi connectivity index (χ3n) is 5.87. The largest absolute Gasteiger partial charge is 0.313 e. The number of nitrogens with one attached hydrogen (secondary N) is 1. The average molecular weight is 492 g/mol. The Kier molecular flexibility index (Phi) is 7.02. The summed E-state index contributed by atoms with van der Waals surface area (Å²) in [5.74, 6) is 0.486. The number of rotatable bonds is 8. The summed E-state index contributed by atoms with van der Waals surface area (Å²) in [5, 5.41) is 12.0. The molecule has 1 aliphatic rings. The summed E-state index contributed by atoms with van der Waals surface area (Å²) >= 11 is 6.15. The topological polar surface area (TPSA) is 80.1 Å². The molecule has 0 saturated carbocycles. The molecule has 2 aromatic carbocycles. The molecule has 2 heterocycles. The number of halogens is 2. The summed E-state index contributed by atoms with van der Waals surface area (Å²) in [7, 11) is -2.13. The Labute approximate surface area is 198 Å². The van der Waals surface area contributed by atoms with E-state index >= 15 is 0 Å². The highest BCUT2D eigenvalue weighted by Crippen LogP contribution is 2.38. The summed E-state index contributed by atoms with van der Waals surface area (Å²) in [6.07, 6.45) is 3.36. The van der Waals surface area contributed by atoms with E-state index in [1.54, 1.807) is 18.2 Å². The molecule has 176 valence electrons. The van der Waals surface area contributed by atoms with Gasteiger partial charge in [0.2, 0.25) is 0 Å². The third-order valence-corrected chi connectivity index (χ3v) is 7.99. The quantitative estimate of drug-likeness (QED) is 0.494. The number of hydrogen-bond donors (Lipinski definition) is 1. The van der Waals surface area contributed by atoms with Crippen LogP contribution in [0.4, 0.5) is 10.1 Å². The van der Waals surface area contributed by atoms with Crippen LogP contribution in [0.3, 0.4) is 0 Å². The maximum absolute atomic E-state index is 14.7. The van der Waals surface area contributed by atoms with Gasteiger partial charge in [-0.1, -0.05) is 43.1 Å². The highest BCUT2D eigenvalue weighted by atomic mass is 35.5. The maximum Gasteiger partial charge on any atom is 0.264 e. The highest BCUT2D eigenvalue weighted by molar-refractivity contribution is 7.92. The van der Waals surface area contributed by atoms with Crippen LogP contribution < -0.4 is 9.62 Å². The van der Waals surface area contributed by atoms with Gasteiger partial charge in [0, 0.05) is 25.2 Å². The van der Waals surface area contributed by atoms with Crippen molar-refractivity contribution in [3.05, 3.63) is 59.1 Å². The number of hydrogen-bond acceptors (Lipinski definition) is 5. The van der Waals surface area contributed by atoms with Crippen LogP contribution in [0.5, 0.6) is 0 Å².